The molecule has 0 radical (unpaired) electrons. The molecule has 5 heteroatoms. The molecule has 0 saturated heterocycles. The lowest BCUT2D eigenvalue weighted by molar-refractivity contribution is -0.148. The van der Waals surface area contributed by atoms with Crippen LogP contribution in [0.25, 0.3) is 0 Å². The molecule has 3 aromatic rings. The minimum absolute atomic E-state index is 0.0559. The van der Waals surface area contributed by atoms with Gasteiger partial charge in [-0.3, -0.25) is 4.79 Å². The van der Waals surface area contributed by atoms with Gasteiger partial charge in [-0.1, -0.05) is 93.6 Å². The Labute approximate surface area is 206 Å². The van der Waals surface area contributed by atoms with E-state index in [1.807, 2.05) is 87.5 Å². The van der Waals surface area contributed by atoms with Crippen LogP contribution in [0.1, 0.15) is 53.7 Å². The van der Waals surface area contributed by atoms with Crippen molar-refractivity contribution in [3.8, 4) is 0 Å². The zero-order chi connectivity index (χ0) is 25.2. The van der Waals surface area contributed by atoms with Crippen molar-refractivity contribution in [1.82, 2.24) is 0 Å². The number of hydrogen-bond donors (Lipinski definition) is 2. The van der Waals surface area contributed by atoms with Gasteiger partial charge in [-0.2, -0.15) is 0 Å². The first-order chi connectivity index (χ1) is 16.6. The molecule has 1 unspecified atom stereocenters. The number of aliphatic hydroxyl groups excluding tert-OH is 1. The summed E-state index contributed by atoms with van der Waals surface area (Å²) in [5.41, 5.74) is 7.03. The largest absolute Gasteiger partial charge is 0.507 e. The zero-order valence-corrected chi connectivity index (χ0v) is 20.3. The third-order valence-corrected chi connectivity index (χ3v) is 6.52. The van der Waals surface area contributed by atoms with Gasteiger partial charge in [0, 0.05) is 24.3 Å². The van der Waals surface area contributed by atoms with Gasteiger partial charge in [0.1, 0.15) is 5.76 Å². The van der Waals surface area contributed by atoms with Crippen LogP contribution < -0.4 is 5.73 Å². The van der Waals surface area contributed by atoms with Gasteiger partial charge in [-0.05, 0) is 34.2 Å². The maximum Gasteiger partial charge on any atom is 0.339 e. The van der Waals surface area contributed by atoms with Crippen LogP contribution in [0.2, 0.25) is 0 Å². The summed E-state index contributed by atoms with van der Waals surface area (Å²) in [7, 11) is 0. The number of cyclic esters (lactones) is 1. The summed E-state index contributed by atoms with van der Waals surface area (Å²) in [6.45, 7) is 5.99. The average molecular weight is 470 g/mol. The number of esters is 1. The average Bonchev–Trinajstić information content (AvgIpc) is 3.04. The fourth-order valence-electron chi connectivity index (χ4n) is 5.00. The molecule has 35 heavy (non-hydrogen) atoms. The molecule has 1 aliphatic rings. The summed E-state index contributed by atoms with van der Waals surface area (Å²) >= 11 is 0. The summed E-state index contributed by atoms with van der Waals surface area (Å²) in [6.07, 6.45) is 0.671. The molecule has 0 fully saturated rings. The molecular formula is C30H31NO4. The van der Waals surface area contributed by atoms with Gasteiger partial charge in [-0.15, -0.1) is 0 Å². The number of aliphatic hydroxyl groups is 1. The number of benzene rings is 3. The smallest absolute Gasteiger partial charge is 0.339 e. The van der Waals surface area contributed by atoms with Crippen LogP contribution in [0.15, 0.2) is 96.3 Å². The number of carbonyl (C=O) groups is 2. The Hall–Kier alpha value is -3.86. The summed E-state index contributed by atoms with van der Waals surface area (Å²) in [5.74, 6) is -1.66. The summed E-state index contributed by atoms with van der Waals surface area (Å²) in [6, 6.07) is 26.3. The van der Waals surface area contributed by atoms with Gasteiger partial charge in [0.2, 0.25) is 5.91 Å². The van der Waals surface area contributed by atoms with Gasteiger partial charge < -0.3 is 15.6 Å². The van der Waals surface area contributed by atoms with E-state index in [2.05, 4.69) is 0 Å². The first kappa shape index (κ1) is 24.3. The van der Waals surface area contributed by atoms with Crippen molar-refractivity contribution in [3.63, 3.8) is 0 Å². The minimum atomic E-state index is -1.24. The first-order valence-electron chi connectivity index (χ1n) is 11.8. The normalized spacial score (nSPS) is 16.1. The summed E-state index contributed by atoms with van der Waals surface area (Å²) < 4.78 is 6.10. The lowest BCUT2D eigenvalue weighted by Gasteiger charge is -2.32. The van der Waals surface area contributed by atoms with Gasteiger partial charge in [-0.25, -0.2) is 4.79 Å². The van der Waals surface area contributed by atoms with Crippen LogP contribution in [0, 0.1) is 5.41 Å². The lowest BCUT2D eigenvalue weighted by atomic mass is 9.70. The van der Waals surface area contributed by atoms with Crippen molar-refractivity contribution in [2.45, 2.75) is 45.1 Å². The van der Waals surface area contributed by atoms with Crippen molar-refractivity contribution in [2.24, 2.45) is 11.1 Å². The van der Waals surface area contributed by atoms with Crippen LogP contribution in [0.3, 0.4) is 0 Å². The number of hydrogen-bond acceptors (Lipinski definition) is 4. The monoisotopic (exact) mass is 469 g/mol. The van der Waals surface area contributed by atoms with E-state index in [0.29, 0.717) is 18.4 Å². The second-order valence-electron chi connectivity index (χ2n) is 10.3. The number of carbonyl (C=O) groups excluding carboxylic acids is 2. The molecule has 3 N–H and O–H groups in total. The van der Waals surface area contributed by atoms with Gasteiger partial charge in [0.15, 0.2) is 5.60 Å². The second-order valence-corrected chi connectivity index (χ2v) is 10.3. The summed E-state index contributed by atoms with van der Waals surface area (Å²) in [5, 5.41) is 11.8. The molecule has 0 aromatic heterocycles. The van der Waals surface area contributed by atoms with Crippen LogP contribution in [0.5, 0.6) is 0 Å². The van der Waals surface area contributed by atoms with E-state index in [0.717, 1.165) is 16.7 Å². The van der Waals surface area contributed by atoms with Gasteiger partial charge in [0.05, 0.1) is 5.57 Å². The first-order valence-corrected chi connectivity index (χ1v) is 11.8. The number of primary amides is 1. The molecule has 4 rings (SSSR count). The van der Waals surface area contributed by atoms with Crippen molar-refractivity contribution in [2.75, 3.05) is 0 Å². The Morgan fingerprint density at radius 2 is 1.46 bits per heavy atom. The van der Waals surface area contributed by atoms with Crippen LogP contribution >= 0.6 is 0 Å². The van der Waals surface area contributed by atoms with E-state index in [1.54, 1.807) is 18.2 Å². The quantitative estimate of drug-likeness (QED) is 0.447. The third kappa shape index (κ3) is 4.99. The van der Waals surface area contributed by atoms with Crippen molar-refractivity contribution in [3.05, 3.63) is 119 Å². The molecule has 1 aliphatic heterocycles. The van der Waals surface area contributed by atoms with Gasteiger partial charge in [0.25, 0.3) is 0 Å². The SMILES string of the molecule is CC(C)(C)C(C1=C(O)C(Cc2ccccc2)(Cc2ccccc2)OC1=O)c1cccc(C(N)=O)c1. The molecule has 0 spiro atoms. The highest BCUT2D eigenvalue weighted by Gasteiger charge is 2.52. The van der Waals surface area contributed by atoms with E-state index in [9.17, 15) is 14.7 Å². The molecule has 0 bridgehead atoms. The molecule has 180 valence electrons. The highest BCUT2D eigenvalue weighted by atomic mass is 16.6. The molecule has 5 nitrogen and oxygen atoms in total. The summed E-state index contributed by atoms with van der Waals surface area (Å²) in [4.78, 5) is 25.4. The van der Waals surface area contributed by atoms with E-state index in [-0.39, 0.29) is 11.3 Å². The van der Waals surface area contributed by atoms with Gasteiger partial charge >= 0.3 is 5.97 Å². The molecule has 3 aromatic carbocycles. The Morgan fingerprint density at radius 3 is 1.94 bits per heavy atom. The van der Waals surface area contributed by atoms with E-state index in [1.165, 1.54) is 0 Å². The number of nitrogens with two attached hydrogens (primary N) is 1. The fraction of sp³-hybridized carbons (Fsp3) is 0.267. The van der Waals surface area contributed by atoms with E-state index in [4.69, 9.17) is 10.5 Å². The van der Waals surface area contributed by atoms with Crippen LogP contribution in [-0.4, -0.2) is 22.6 Å². The fourth-order valence-corrected chi connectivity index (χ4v) is 5.00. The molecule has 0 saturated carbocycles. The zero-order valence-electron chi connectivity index (χ0n) is 20.3. The number of rotatable bonds is 7. The minimum Gasteiger partial charge on any atom is -0.507 e. The molecular weight excluding hydrogens is 438 g/mol. The van der Waals surface area contributed by atoms with Crippen LogP contribution in [0.4, 0.5) is 0 Å². The van der Waals surface area contributed by atoms with Crippen LogP contribution in [-0.2, 0) is 22.4 Å². The molecule has 1 heterocycles. The highest BCUT2D eigenvalue weighted by molar-refractivity contribution is 5.95. The maximum atomic E-state index is 13.5. The molecule has 0 aliphatic carbocycles. The second kappa shape index (κ2) is 9.41. The van der Waals surface area contributed by atoms with E-state index < -0.39 is 28.8 Å². The predicted molar refractivity (Wildman–Crippen MR) is 136 cm³/mol. The number of amides is 1. The Balaban J connectivity index is 1.88. The maximum absolute atomic E-state index is 13.5. The topological polar surface area (TPSA) is 89.6 Å². The number of ether oxygens (including phenoxy) is 1. The Morgan fingerprint density at radius 1 is 0.914 bits per heavy atom. The Kier molecular flexibility index (Phi) is 6.53. The Bertz CT molecular complexity index is 1210. The van der Waals surface area contributed by atoms with Crippen molar-refractivity contribution >= 4 is 11.9 Å². The van der Waals surface area contributed by atoms with Crippen molar-refractivity contribution < 1.29 is 19.4 Å². The lowest BCUT2D eigenvalue weighted by Crippen LogP contribution is -2.37. The van der Waals surface area contributed by atoms with Crippen molar-refractivity contribution in [1.29, 1.82) is 0 Å². The highest BCUT2D eigenvalue weighted by Crippen LogP contribution is 2.48. The molecule has 1 atom stereocenters. The third-order valence-electron chi connectivity index (χ3n) is 6.52. The molecule has 1 amide bonds. The van der Waals surface area contributed by atoms with E-state index >= 15 is 0 Å². The predicted octanol–water partition coefficient (Wildman–Crippen LogP) is 5.51. The standard InChI is InChI=1S/C30H31NO4/c1-29(2,3)25(22-15-10-16-23(17-22)27(31)33)24-26(32)30(35-28(24)34,18-20-11-6-4-7-12-20)19-21-13-8-5-9-14-21/h4-17,25,32H,18-19H2,1-3H3,(H2,31,33).